The van der Waals surface area contributed by atoms with Gasteiger partial charge in [-0.25, -0.2) is 4.79 Å². The molecule has 0 spiro atoms. The van der Waals surface area contributed by atoms with Crippen LogP contribution in [0.2, 0.25) is 0 Å². The van der Waals surface area contributed by atoms with Crippen LogP contribution in [0.4, 0.5) is 10.5 Å². The first-order valence-corrected chi connectivity index (χ1v) is 8.12. The van der Waals surface area contributed by atoms with Gasteiger partial charge in [-0.3, -0.25) is 5.32 Å². The van der Waals surface area contributed by atoms with Gasteiger partial charge < -0.3 is 19.3 Å². The van der Waals surface area contributed by atoms with Crippen LogP contribution in [0, 0.1) is 0 Å². The third-order valence-corrected chi connectivity index (χ3v) is 4.34. The number of carbonyl (C=O) groups is 1. The summed E-state index contributed by atoms with van der Waals surface area (Å²) in [5.74, 6) is 1.08. The highest BCUT2D eigenvalue weighted by molar-refractivity contribution is 5.87. The molecule has 1 aliphatic carbocycles. The van der Waals surface area contributed by atoms with E-state index < -0.39 is 11.7 Å². The van der Waals surface area contributed by atoms with Crippen molar-refractivity contribution in [3.63, 3.8) is 0 Å². The third-order valence-electron chi connectivity index (χ3n) is 4.34. The normalized spacial score (nSPS) is 16.1. The fraction of sp³-hybridized carbons (Fsp3) is 0.611. The summed E-state index contributed by atoms with van der Waals surface area (Å²) in [5, 5.41) is 12.7. The molecule has 0 bridgehead atoms. The first-order valence-electron chi connectivity index (χ1n) is 8.12. The van der Waals surface area contributed by atoms with Crippen molar-refractivity contribution in [1.29, 1.82) is 0 Å². The summed E-state index contributed by atoms with van der Waals surface area (Å²) >= 11 is 0. The Morgan fingerprint density at radius 2 is 1.79 bits per heavy atom. The van der Waals surface area contributed by atoms with Crippen molar-refractivity contribution >= 4 is 11.8 Å². The second-order valence-electron chi connectivity index (χ2n) is 7.17. The van der Waals surface area contributed by atoms with Gasteiger partial charge in [-0.2, -0.15) is 0 Å². The van der Waals surface area contributed by atoms with E-state index in [1.165, 1.54) is 0 Å². The topological polar surface area (TPSA) is 77.0 Å². The molecule has 2 rings (SSSR count). The molecule has 6 heteroatoms. The lowest BCUT2D eigenvalue weighted by Crippen LogP contribution is -2.39. The van der Waals surface area contributed by atoms with E-state index in [0.29, 0.717) is 17.2 Å². The molecule has 1 aromatic carbocycles. The molecule has 0 saturated heterocycles. The minimum absolute atomic E-state index is 0.0193. The van der Waals surface area contributed by atoms with Crippen molar-refractivity contribution in [3.05, 3.63) is 17.7 Å². The van der Waals surface area contributed by atoms with Crippen LogP contribution in [-0.4, -0.2) is 37.6 Å². The van der Waals surface area contributed by atoms with Crippen LogP contribution >= 0.6 is 0 Å². The molecular weight excluding hydrogens is 310 g/mol. The van der Waals surface area contributed by atoms with Gasteiger partial charge in [-0.05, 0) is 45.2 Å². The molecule has 0 aliphatic heterocycles. The van der Waals surface area contributed by atoms with E-state index in [4.69, 9.17) is 14.2 Å². The monoisotopic (exact) mass is 337 g/mol. The number of carbonyl (C=O) groups excluding carboxylic acids is 1. The van der Waals surface area contributed by atoms with E-state index >= 15 is 0 Å². The van der Waals surface area contributed by atoms with Crippen LogP contribution in [-0.2, 0) is 10.2 Å². The average molecular weight is 337 g/mol. The number of nitrogens with one attached hydrogen (secondary N) is 1. The number of hydrogen-bond donors (Lipinski definition) is 2. The lowest BCUT2D eigenvalue weighted by atomic mass is 9.64. The maximum absolute atomic E-state index is 12.2. The molecule has 1 fully saturated rings. The van der Waals surface area contributed by atoms with Gasteiger partial charge in [-0.1, -0.05) is 6.42 Å². The number of methoxy groups -OCH3 is 2. The van der Waals surface area contributed by atoms with Crippen LogP contribution in [0.1, 0.15) is 45.6 Å². The molecule has 0 radical (unpaired) electrons. The van der Waals surface area contributed by atoms with Crippen molar-refractivity contribution in [2.75, 3.05) is 26.1 Å². The second kappa shape index (κ2) is 6.89. The van der Waals surface area contributed by atoms with Gasteiger partial charge in [-0.15, -0.1) is 0 Å². The number of hydrogen-bond acceptors (Lipinski definition) is 5. The van der Waals surface area contributed by atoms with E-state index in [2.05, 4.69) is 5.32 Å². The molecule has 2 N–H and O–H groups in total. The third kappa shape index (κ3) is 3.75. The van der Waals surface area contributed by atoms with Crippen molar-refractivity contribution in [2.45, 2.75) is 51.0 Å². The summed E-state index contributed by atoms with van der Waals surface area (Å²) in [6.45, 7) is 5.45. The predicted octanol–water partition coefficient (Wildman–Crippen LogP) is 3.46. The van der Waals surface area contributed by atoms with Gasteiger partial charge in [0, 0.05) is 11.5 Å². The molecule has 1 amide bonds. The molecule has 134 valence electrons. The zero-order valence-corrected chi connectivity index (χ0v) is 15.1. The van der Waals surface area contributed by atoms with Crippen LogP contribution in [0.15, 0.2) is 12.1 Å². The summed E-state index contributed by atoms with van der Waals surface area (Å²) in [7, 11) is 3.11. The number of aliphatic hydroxyl groups is 1. The van der Waals surface area contributed by atoms with Gasteiger partial charge >= 0.3 is 6.09 Å². The summed E-state index contributed by atoms with van der Waals surface area (Å²) in [5.41, 5.74) is 0.478. The highest BCUT2D eigenvalue weighted by Crippen LogP contribution is 2.49. The molecule has 0 heterocycles. The molecule has 0 atom stereocenters. The van der Waals surface area contributed by atoms with E-state index in [1.54, 1.807) is 20.3 Å². The smallest absolute Gasteiger partial charge is 0.412 e. The Morgan fingerprint density at radius 1 is 1.21 bits per heavy atom. The molecule has 0 aromatic heterocycles. The van der Waals surface area contributed by atoms with Crippen molar-refractivity contribution < 1.29 is 24.1 Å². The van der Waals surface area contributed by atoms with Crippen LogP contribution in [0.3, 0.4) is 0 Å². The first kappa shape index (κ1) is 18.4. The SMILES string of the molecule is COc1cc(NC(=O)OC(C)(C)C)c(C2(CO)CCC2)cc1OC. The van der Waals surface area contributed by atoms with Crippen molar-refractivity contribution in [2.24, 2.45) is 0 Å². The molecule has 6 nitrogen and oxygen atoms in total. The number of rotatable bonds is 5. The zero-order valence-electron chi connectivity index (χ0n) is 15.1. The Hall–Kier alpha value is -1.95. The number of anilines is 1. The van der Waals surface area contributed by atoms with Gasteiger partial charge in [0.2, 0.25) is 0 Å². The number of ether oxygens (including phenoxy) is 3. The largest absolute Gasteiger partial charge is 0.493 e. The van der Waals surface area contributed by atoms with Crippen molar-refractivity contribution in [1.82, 2.24) is 0 Å². The van der Waals surface area contributed by atoms with Gasteiger partial charge in [0.05, 0.1) is 26.5 Å². The minimum atomic E-state index is -0.591. The van der Waals surface area contributed by atoms with E-state index in [9.17, 15) is 9.90 Å². The number of amides is 1. The highest BCUT2D eigenvalue weighted by atomic mass is 16.6. The second-order valence-corrected chi connectivity index (χ2v) is 7.17. The predicted molar refractivity (Wildman–Crippen MR) is 92.0 cm³/mol. The van der Waals surface area contributed by atoms with Crippen LogP contribution < -0.4 is 14.8 Å². The minimum Gasteiger partial charge on any atom is -0.493 e. The first-order chi connectivity index (χ1) is 11.2. The Bertz CT molecular complexity index is 597. The Kier molecular flexibility index (Phi) is 5.28. The summed E-state index contributed by atoms with van der Waals surface area (Å²) in [4.78, 5) is 12.2. The van der Waals surface area contributed by atoms with E-state index in [-0.39, 0.29) is 12.0 Å². The Morgan fingerprint density at radius 3 is 2.21 bits per heavy atom. The van der Waals surface area contributed by atoms with E-state index in [0.717, 1.165) is 24.8 Å². The van der Waals surface area contributed by atoms with Crippen molar-refractivity contribution in [3.8, 4) is 11.5 Å². The van der Waals surface area contributed by atoms with E-state index in [1.807, 2.05) is 26.8 Å². The highest BCUT2D eigenvalue weighted by Gasteiger charge is 2.41. The van der Waals surface area contributed by atoms with Crippen LogP contribution in [0.25, 0.3) is 0 Å². The van der Waals surface area contributed by atoms with Gasteiger partial charge in [0.1, 0.15) is 5.60 Å². The lowest BCUT2D eigenvalue weighted by molar-refractivity contribution is 0.0634. The maximum atomic E-state index is 12.2. The molecule has 24 heavy (non-hydrogen) atoms. The molecule has 1 aliphatic rings. The zero-order chi connectivity index (χ0) is 18.0. The molecule has 1 aromatic rings. The molecule has 0 unspecified atom stereocenters. The van der Waals surface area contributed by atoms with Gasteiger partial charge in [0.15, 0.2) is 11.5 Å². The Labute approximate surface area is 143 Å². The summed E-state index contributed by atoms with van der Waals surface area (Å²) in [6, 6.07) is 3.55. The number of aliphatic hydroxyl groups excluding tert-OH is 1. The summed E-state index contributed by atoms with van der Waals surface area (Å²) in [6.07, 6.45) is 2.23. The number of benzene rings is 1. The lowest BCUT2D eigenvalue weighted by Gasteiger charge is -2.42. The quantitative estimate of drug-likeness (QED) is 0.860. The van der Waals surface area contributed by atoms with Gasteiger partial charge in [0.25, 0.3) is 0 Å². The Balaban J connectivity index is 2.42. The average Bonchev–Trinajstić information content (AvgIpc) is 2.45. The maximum Gasteiger partial charge on any atom is 0.412 e. The summed E-state index contributed by atoms with van der Waals surface area (Å²) < 4.78 is 16.0. The van der Waals surface area contributed by atoms with Crippen LogP contribution in [0.5, 0.6) is 11.5 Å². The fourth-order valence-corrected chi connectivity index (χ4v) is 2.95. The fourth-order valence-electron chi connectivity index (χ4n) is 2.95. The molecular formula is C18H27NO5. The molecule has 1 saturated carbocycles. The standard InChI is InChI=1S/C18H27NO5/c1-17(2,3)24-16(21)19-13-10-15(23-5)14(22-4)9-12(13)18(11-20)7-6-8-18/h9-10,20H,6-8,11H2,1-5H3,(H,19,21).